The van der Waals surface area contributed by atoms with Crippen molar-refractivity contribution in [2.45, 2.75) is 71.0 Å². The van der Waals surface area contributed by atoms with Gasteiger partial charge in [0.1, 0.15) is 23.8 Å². The number of hydrogen-bond donors (Lipinski definition) is 8. The topological polar surface area (TPSA) is 411 Å². The number of pyridine rings is 1. The molecular weight excluding hydrogens is 1240 g/mol. The Kier molecular flexibility index (Phi) is 28.1. The zero-order valence-corrected chi connectivity index (χ0v) is 51.5. The Morgan fingerprint density at radius 3 is 2.02 bits per heavy atom. The quantitative estimate of drug-likeness (QED) is 0.0347. The second kappa shape index (κ2) is 33.8. The van der Waals surface area contributed by atoms with Crippen LogP contribution in [0.5, 0.6) is 23.3 Å². The van der Waals surface area contributed by atoms with Crippen LogP contribution in [-0.4, -0.2) is 158 Å². The zero-order chi connectivity index (χ0) is 66.3. The molecule has 88 heavy (non-hydrogen) atoms. The number of halogens is 4. The number of carboxylic acid groups (broad SMARTS) is 1. The van der Waals surface area contributed by atoms with E-state index in [-0.39, 0.29) is 46.9 Å². The number of alkyl halides is 3. The molecule has 6 aromatic rings. The Bertz CT molecular complexity index is 3630. The van der Waals surface area contributed by atoms with Gasteiger partial charge in [-0.25, -0.2) is 28.7 Å². The smallest absolute Gasteiger partial charge is 0.431 e. The van der Waals surface area contributed by atoms with Gasteiger partial charge in [0.2, 0.25) is 34.9 Å². The molecule has 0 fully saturated rings. The van der Waals surface area contributed by atoms with E-state index in [2.05, 4.69) is 51.2 Å². The number of carbonyl (C=O) groups excluding carboxylic acids is 3. The summed E-state index contributed by atoms with van der Waals surface area (Å²) in [7, 11) is -0.726. The fraction of sp³-hybridized carbons (Fsp3) is 0.373. The van der Waals surface area contributed by atoms with Crippen molar-refractivity contribution in [2.75, 3.05) is 70.8 Å². The summed E-state index contributed by atoms with van der Waals surface area (Å²) in [6, 6.07) is 14.8. The lowest BCUT2D eigenvalue weighted by molar-refractivity contribution is -0.148. The van der Waals surface area contributed by atoms with Crippen molar-refractivity contribution >= 4 is 70.9 Å². The van der Waals surface area contributed by atoms with Crippen LogP contribution in [0.4, 0.5) is 35.8 Å². The van der Waals surface area contributed by atoms with Crippen LogP contribution in [0.3, 0.4) is 0 Å². The molecule has 0 aliphatic carbocycles. The number of amides is 3. The second-order valence-corrected chi connectivity index (χ2v) is 21.6. The number of aliphatic carboxylic acids is 1. The van der Waals surface area contributed by atoms with E-state index in [4.69, 9.17) is 50.2 Å². The van der Waals surface area contributed by atoms with E-state index in [1.165, 1.54) is 89.0 Å². The molecule has 4 heterocycles. The van der Waals surface area contributed by atoms with Crippen molar-refractivity contribution in [1.29, 1.82) is 0 Å². The highest BCUT2D eigenvalue weighted by Gasteiger charge is 2.35. The summed E-state index contributed by atoms with van der Waals surface area (Å²) in [6.07, 6.45) is -4.32. The van der Waals surface area contributed by atoms with E-state index in [1.54, 1.807) is 11.6 Å². The number of methoxy groups -OCH3 is 3. The number of esters is 1. The van der Waals surface area contributed by atoms with Crippen LogP contribution in [0, 0.1) is 0 Å². The minimum atomic E-state index is -4.84. The molecule has 31 nitrogen and oxygen atoms in total. The Balaban J connectivity index is 0.000000342. The highest BCUT2D eigenvalue weighted by atomic mass is 35.5. The van der Waals surface area contributed by atoms with Crippen LogP contribution in [0.25, 0.3) is 5.69 Å². The summed E-state index contributed by atoms with van der Waals surface area (Å²) in [5.41, 5.74) is -1.99. The summed E-state index contributed by atoms with van der Waals surface area (Å²) in [4.78, 5) is 112. The van der Waals surface area contributed by atoms with E-state index in [1.807, 2.05) is 45.9 Å². The number of nitrogens with one attached hydrogen (secondary N) is 5. The Morgan fingerprint density at radius 1 is 0.864 bits per heavy atom. The number of nitrogens with zero attached hydrogens (tertiary/aromatic N) is 9. The maximum Gasteiger partial charge on any atom is 0.431 e. The summed E-state index contributed by atoms with van der Waals surface area (Å²) in [5, 5.41) is 17.8. The van der Waals surface area contributed by atoms with Crippen LogP contribution >= 0.6 is 19.2 Å². The number of sulfonamides is 1. The Morgan fingerprint density at radius 2 is 1.49 bits per heavy atom. The lowest BCUT2D eigenvalue weighted by atomic mass is 10.1. The third kappa shape index (κ3) is 23.7. The summed E-state index contributed by atoms with van der Waals surface area (Å²) < 4.78 is 103. The molecule has 37 heteroatoms. The number of ether oxygens (including phenoxy) is 5. The van der Waals surface area contributed by atoms with Gasteiger partial charge >= 0.3 is 37.4 Å². The lowest BCUT2D eigenvalue weighted by Gasteiger charge is -2.17. The van der Waals surface area contributed by atoms with Crippen molar-refractivity contribution < 1.29 is 83.9 Å². The molecule has 0 aliphatic heterocycles. The number of aromatic nitrogens is 8. The number of urea groups is 1. The molecule has 0 saturated carbocycles. The molecule has 480 valence electrons. The maximum atomic E-state index is 13.1. The third-order valence-electron chi connectivity index (χ3n) is 10.6. The average molecular weight is 1300 g/mol. The SMILES string of the molecule is CCNc1nc(Cl)nc(NC(C)C)n1.CCc1ccc(COc2ccc(-n3c(=O)cc(C(F)(F)F)n(C)c3=O)cc2)c(OC(C)C(=O)OC)c1.COc1cc(OC)nc(NC(=O)NS(=O)(=O)c2ncccc2C(=O)N(C)C)n1.O=C(O)CNCP(=O)(O)O. The molecule has 1 atom stereocenters. The number of carbonyl (C=O) groups is 4. The molecular formula is C51H65ClF3N14O17PS. The van der Waals surface area contributed by atoms with E-state index in [0.29, 0.717) is 44.2 Å². The first-order chi connectivity index (χ1) is 41.2. The van der Waals surface area contributed by atoms with Gasteiger partial charge in [0.05, 0.1) is 51.5 Å². The predicted molar refractivity (Wildman–Crippen MR) is 312 cm³/mol. The normalized spacial score (nSPS) is 11.3. The zero-order valence-electron chi connectivity index (χ0n) is 49.1. The van der Waals surface area contributed by atoms with Gasteiger partial charge in [-0.1, -0.05) is 19.1 Å². The molecule has 8 N–H and O–H groups in total. The van der Waals surface area contributed by atoms with Gasteiger partial charge < -0.3 is 54.1 Å². The van der Waals surface area contributed by atoms with Crippen LogP contribution in [0.2, 0.25) is 5.28 Å². The van der Waals surface area contributed by atoms with Gasteiger partial charge in [0.25, 0.3) is 21.5 Å². The van der Waals surface area contributed by atoms with Gasteiger partial charge in [0, 0.05) is 51.6 Å². The first-order valence-electron chi connectivity index (χ1n) is 25.5. The van der Waals surface area contributed by atoms with Crippen molar-refractivity contribution in [1.82, 2.24) is 54.0 Å². The van der Waals surface area contributed by atoms with E-state index in [0.717, 1.165) is 25.6 Å². The van der Waals surface area contributed by atoms with Crippen molar-refractivity contribution in [3.63, 3.8) is 0 Å². The number of benzene rings is 2. The molecule has 0 spiro atoms. The Hall–Kier alpha value is -9.02. The number of anilines is 3. The van der Waals surface area contributed by atoms with Gasteiger partial charge in [-0.05, 0) is 93.7 Å². The number of rotatable bonds is 22. The summed E-state index contributed by atoms with van der Waals surface area (Å²) in [5.74, 6) is -0.499. The highest BCUT2D eigenvalue weighted by Crippen LogP contribution is 2.32. The Labute approximate surface area is 506 Å². The summed E-state index contributed by atoms with van der Waals surface area (Å²) in [6.45, 7) is 9.92. The largest absolute Gasteiger partial charge is 0.489 e. The van der Waals surface area contributed by atoms with Crippen LogP contribution in [-0.2, 0) is 55.2 Å². The third-order valence-corrected chi connectivity index (χ3v) is 12.7. The molecule has 0 aliphatic rings. The molecule has 2 aromatic carbocycles. The minimum absolute atomic E-state index is 0.0779. The monoisotopic (exact) mass is 1300 g/mol. The average Bonchev–Trinajstić information content (AvgIpc) is 0.878. The number of hydrogen-bond acceptors (Lipinski definition) is 23. The van der Waals surface area contributed by atoms with Crippen molar-refractivity contribution in [3.8, 4) is 28.9 Å². The van der Waals surface area contributed by atoms with Gasteiger partial charge in [-0.15, -0.1) is 0 Å². The van der Waals surface area contributed by atoms with Gasteiger partial charge in [-0.2, -0.15) is 46.5 Å². The van der Waals surface area contributed by atoms with Crippen LogP contribution in [0.15, 0.2) is 87.5 Å². The van der Waals surface area contributed by atoms with E-state index >= 15 is 0 Å². The number of carboxylic acids is 1. The molecule has 3 amide bonds. The van der Waals surface area contributed by atoms with Gasteiger partial charge in [-0.3, -0.25) is 34.1 Å². The molecule has 0 saturated heterocycles. The highest BCUT2D eigenvalue weighted by molar-refractivity contribution is 7.90. The minimum Gasteiger partial charge on any atom is -0.489 e. The fourth-order valence-corrected chi connectivity index (χ4v) is 8.23. The fourth-order valence-electron chi connectivity index (χ4n) is 6.63. The number of aryl methyl sites for hydroxylation is 1. The molecule has 1 unspecified atom stereocenters. The molecule has 6 rings (SSSR count). The first kappa shape index (κ1) is 73.2. The van der Waals surface area contributed by atoms with Gasteiger partial charge in [0.15, 0.2) is 11.1 Å². The lowest BCUT2D eigenvalue weighted by Crippen LogP contribution is -2.40. The maximum absolute atomic E-state index is 13.1. The first-order valence-corrected chi connectivity index (χ1v) is 29.2. The van der Waals surface area contributed by atoms with Crippen molar-refractivity contribution in [3.05, 3.63) is 121 Å². The van der Waals surface area contributed by atoms with E-state index < -0.39 is 88.6 Å². The molecule has 0 radical (unpaired) electrons. The van der Waals surface area contributed by atoms with E-state index in [9.17, 15) is 54.9 Å². The standard InChI is InChI=1S/C25H25F3N2O6.C15H18N6O6S.C8H14ClN5.C3H8NO5P/c1-5-16-6-7-17(20(12-16)36-15(2)23(32)34-4)14-35-19-10-8-18(9-11-19)30-22(31)13-21(25(26,27)28)29(3)24(30)33;1-21(2)13(22)9-6-5-7-16-12(9)28(24,25)20-15(23)19-14-17-10(26-3)8-11(18-14)27-4;1-4-10-7-12-6(9)13-8(14-7)11-5(2)3;5-3(6)1-4-2-10(7,8)9/h6-13,15H,5,14H2,1-4H3;5-8H,1-4H3,(H2,17,18,19,20,23);5H,4H2,1-3H3,(H2,10,11,12,13,14);4H,1-2H2,(H,5,6)(H2,7,8,9). The van der Waals surface area contributed by atoms with Crippen molar-refractivity contribution in [2.24, 2.45) is 7.05 Å². The van der Waals surface area contributed by atoms with Crippen LogP contribution < -0.4 is 56.2 Å². The molecule has 0 bridgehead atoms. The predicted octanol–water partition coefficient (Wildman–Crippen LogP) is 4.31. The second-order valence-electron chi connectivity index (χ2n) is 18.0. The van der Waals surface area contributed by atoms with Crippen LogP contribution in [0.1, 0.15) is 61.8 Å². The molecule has 4 aromatic heterocycles. The summed E-state index contributed by atoms with van der Waals surface area (Å²) >= 11 is 5.73.